The molecule has 33 heavy (non-hydrogen) atoms. The van der Waals surface area contributed by atoms with E-state index in [-0.39, 0.29) is 30.5 Å². The number of rotatable bonds is 7. The second-order valence-corrected chi connectivity index (χ2v) is 9.30. The molecule has 0 amide bonds. The molecule has 3 aliphatic rings. The summed E-state index contributed by atoms with van der Waals surface area (Å²) in [6.45, 7) is 0.598. The molecule has 2 aliphatic heterocycles. The van der Waals surface area contributed by atoms with E-state index in [4.69, 9.17) is 29.4 Å². The average molecular weight is 490 g/mol. The minimum Gasteiger partial charge on any atom is -0.371 e. The van der Waals surface area contributed by atoms with Crippen molar-refractivity contribution in [3.05, 3.63) is 48.5 Å². The molecule has 1 saturated carbocycles. The number of fused-ring (bicyclic) bond motifs is 2. The van der Waals surface area contributed by atoms with Crippen molar-refractivity contribution in [2.75, 3.05) is 11.2 Å². The molecule has 174 valence electrons. The number of aromatic nitrogens is 4. The molecule has 0 radical (unpaired) electrons. The summed E-state index contributed by atoms with van der Waals surface area (Å²) < 4.78 is 25.5. The summed E-state index contributed by atoms with van der Waals surface area (Å²) in [5.41, 5.74) is 2.53. The van der Waals surface area contributed by atoms with Crippen molar-refractivity contribution in [3.8, 4) is 0 Å². The lowest BCUT2D eigenvalue weighted by Gasteiger charge is -2.22. The first-order valence-electron chi connectivity index (χ1n) is 11.1. The van der Waals surface area contributed by atoms with Gasteiger partial charge < -0.3 is 14.8 Å². The van der Waals surface area contributed by atoms with Crippen molar-refractivity contribution in [2.24, 2.45) is 0 Å². The molecule has 1 aliphatic carbocycles. The molecular formula is C22H24ClN5O4S. The van der Waals surface area contributed by atoms with E-state index >= 15 is 0 Å². The van der Waals surface area contributed by atoms with Crippen LogP contribution < -0.4 is 5.32 Å². The Bertz CT molecular complexity index is 1100. The predicted molar refractivity (Wildman–Crippen MR) is 124 cm³/mol. The minimum atomic E-state index is -0.421. The number of benzene rings is 1. The van der Waals surface area contributed by atoms with E-state index in [1.54, 1.807) is 12.7 Å². The number of nitrogens with zero attached hydrogens (tertiary/aromatic N) is 4. The Labute approximate surface area is 200 Å². The maximum Gasteiger partial charge on any atom is 0.167 e. The van der Waals surface area contributed by atoms with Gasteiger partial charge in [0.2, 0.25) is 0 Å². The molecule has 6 rings (SSSR count). The Morgan fingerprint density at radius 2 is 2.00 bits per heavy atom. The van der Waals surface area contributed by atoms with Gasteiger partial charge in [0.1, 0.15) is 24.6 Å². The van der Waals surface area contributed by atoms with Gasteiger partial charge in [-0.15, -0.1) is 11.6 Å². The number of alkyl halides is 1. The van der Waals surface area contributed by atoms with Crippen LogP contribution in [0.3, 0.4) is 0 Å². The lowest BCUT2D eigenvalue weighted by atomic mass is 10.1. The topological polar surface area (TPSA) is 92.6 Å². The number of hydrogen-bond acceptors (Lipinski definition) is 9. The number of imidazole rings is 1. The first-order valence-corrected chi connectivity index (χ1v) is 12.3. The highest BCUT2D eigenvalue weighted by atomic mass is 35.5. The molecule has 0 spiro atoms. The van der Waals surface area contributed by atoms with Crippen molar-refractivity contribution < 1.29 is 17.8 Å². The van der Waals surface area contributed by atoms with Crippen LogP contribution in [0.1, 0.15) is 31.1 Å². The first kappa shape index (κ1) is 21.6. The third-order valence-electron chi connectivity index (χ3n) is 6.45. The van der Waals surface area contributed by atoms with E-state index in [0.717, 1.165) is 31.6 Å². The van der Waals surface area contributed by atoms with Gasteiger partial charge in [0.05, 0.1) is 31.0 Å². The number of nitrogens with one attached hydrogen (secondary N) is 1. The second-order valence-electron chi connectivity index (χ2n) is 8.47. The molecular weight excluding hydrogens is 466 g/mol. The van der Waals surface area contributed by atoms with Gasteiger partial charge in [-0.1, -0.05) is 30.3 Å². The Kier molecular flexibility index (Phi) is 6.12. The van der Waals surface area contributed by atoms with Gasteiger partial charge >= 0.3 is 0 Å². The van der Waals surface area contributed by atoms with Crippen LogP contribution in [0.2, 0.25) is 0 Å². The highest BCUT2D eigenvalue weighted by Crippen LogP contribution is 2.43. The van der Waals surface area contributed by atoms with Crippen molar-refractivity contribution in [1.29, 1.82) is 0 Å². The highest BCUT2D eigenvalue weighted by molar-refractivity contribution is 7.90. The molecule has 0 bridgehead atoms. The summed E-state index contributed by atoms with van der Waals surface area (Å²) in [5, 5.41) is 3.57. The second kappa shape index (κ2) is 9.36. The van der Waals surface area contributed by atoms with Gasteiger partial charge in [0.15, 0.2) is 35.5 Å². The van der Waals surface area contributed by atoms with E-state index in [9.17, 15) is 0 Å². The highest BCUT2D eigenvalue weighted by Gasteiger charge is 2.52. The summed E-state index contributed by atoms with van der Waals surface area (Å²) in [6.07, 6.45) is 5.32. The maximum absolute atomic E-state index is 6.25. The zero-order valence-corrected chi connectivity index (χ0v) is 19.3. The fraction of sp³-hybridized carbons (Fsp3) is 0.500. The van der Waals surface area contributed by atoms with Crippen molar-refractivity contribution in [3.63, 3.8) is 0 Å². The van der Waals surface area contributed by atoms with Crippen LogP contribution in [-0.4, -0.2) is 55.9 Å². The number of halogens is 1. The van der Waals surface area contributed by atoms with Crippen LogP contribution in [0, 0.1) is 0 Å². The third-order valence-corrected chi connectivity index (χ3v) is 7.36. The molecule has 4 heterocycles. The van der Waals surface area contributed by atoms with Crippen LogP contribution in [-0.2, 0) is 24.4 Å². The van der Waals surface area contributed by atoms with Crippen LogP contribution in [0.25, 0.3) is 11.2 Å². The van der Waals surface area contributed by atoms with E-state index < -0.39 is 6.23 Å². The first-order chi connectivity index (χ1) is 16.3. The molecule has 1 N–H and O–H groups in total. The predicted octanol–water partition coefficient (Wildman–Crippen LogP) is 3.86. The van der Waals surface area contributed by atoms with E-state index in [2.05, 4.69) is 32.4 Å². The Morgan fingerprint density at radius 3 is 2.88 bits per heavy atom. The molecule has 1 aromatic carbocycles. The largest absolute Gasteiger partial charge is 0.371 e. The molecule has 2 unspecified atom stereocenters. The lowest BCUT2D eigenvalue weighted by molar-refractivity contribution is -0.0224. The van der Waals surface area contributed by atoms with Gasteiger partial charge in [0, 0.05) is 0 Å². The number of hydrogen-bond donors (Lipinski definition) is 1. The zero-order chi connectivity index (χ0) is 22.2. The standard InChI is InChI=1S/C22H24ClN5O4S/c23-9-16-18-19(32-33-31-18)22(30-16)28-12-26-17-20(24-11-25-21(17)28)27-14-7-4-8-15(14)29-10-13-5-2-1-3-6-13/h1-3,5-6,11-12,14-16,18-19,22H,4,7-10H2,(H,24,25,27)/t14?,15?,16-,18-,19-,22-/m1/s1. The van der Waals surface area contributed by atoms with Crippen LogP contribution in [0.5, 0.6) is 0 Å². The molecule has 3 fully saturated rings. The fourth-order valence-corrected chi connectivity index (χ4v) is 5.69. The van der Waals surface area contributed by atoms with Gasteiger partial charge in [-0.2, -0.15) is 0 Å². The maximum atomic E-state index is 6.25. The molecule has 6 atom stereocenters. The number of ether oxygens (including phenoxy) is 2. The van der Waals surface area contributed by atoms with E-state index in [1.165, 1.54) is 5.56 Å². The van der Waals surface area contributed by atoms with Crippen LogP contribution in [0.4, 0.5) is 5.82 Å². The Balaban J connectivity index is 1.20. The van der Waals surface area contributed by atoms with Crippen LogP contribution >= 0.6 is 23.9 Å². The Hall–Kier alpha value is -1.95. The van der Waals surface area contributed by atoms with Crippen molar-refractivity contribution >= 4 is 40.9 Å². The van der Waals surface area contributed by atoms with Crippen molar-refractivity contribution in [1.82, 2.24) is 19.5 Å². The molecule has 3 aromatic rings. The summed E-state index contributed by atoms with van der Waals surface area (Å²) in [6, 6.07) is 10.4. The smallest absolute Gasteiger partial charge is 0.167 e. The van der Waals surface area contributed by atoms with Gasteiger partial charge in [-0.05, 0) is 24.8 Å². The Morgan fingerprint density at radius 1 is 1.12 bits per heavy atom. The molecule has 2 aromatic heterocycles. The summed E-state index contributed by atoms with van der Waals surface area (Å²) in [5.74, 6) is 1.02. The van der Waals surface area contributed by atoms with Gasteiger partial charge in [0.25, 0.3) is 0 Å². The molecule has 2 saturated heterocycles. The minimum absolute atomic E-state index is 0.113. The fourth-order valence-electron chi connectivity index (χ4n) is 4.78. The van der Waals surface area contributed by atoms with Gasteiger partial charge in [-0.25, -0.2) is 15.0 Å². The summed E-state index contributed by atoms with van der Waals surface area (Å²) in [4.78, 5) is 13.6. The molecule has 11 heteroatoms. The average Bonchev–Trinajstić information content (AvgIpc) is 3.63. The van der Waals surface area contributed by atoms with E-state index in [1.807, 2.05) is 22.8 Å². The van der Waals surface area contributed by atoms with Crippen LogP contribution in [0.15, 0.2) is 43.0 Å². The summed E-state index contributed by atoms with van der Waals surface area (Å²) >= 11 is 7.06. The monoisotopic (exact) mass is 489 g/mol. The SMILES string of the molecule is ClC[C@H]1O[C@@H](n2cnc3c(NC4CCCC4OCc4ccccc4)ncnc32)[C@@H]2OSO[C@@H]21. The van der Waals surface area contributed by atoms with Crippen molar-refractivity contribution in [2.45, 2.75) is 62.6 Å². The number of anilines is 1. The quantitative estimate of drug-likeness (QED) is 0.392. The lowest BCUT2D eigenvalue weighted by Crippen LogP contribution is -2.31. The normalized spacial score (nSPS) is 31.3. The molecule has 9 nitrogen and oxygen atoms in total. The third kappa shape index (κ3) is 4.09. The zero-order valence-electron chi connectivity index (χ0n) is 17.7. The van der Waals surface area contributed by atoms with Gasteiger partial charge in [-0.3, -0.25) is 12.9 Å². The van der Waals surface area contributed by atoms with E-state index in [0.29, 0.717) is 29.5 Å². The summed E-state index contributed by atoms with van der Waals surface area (Å²) in [7, 11) is 0.